The summed E-state index contributed by atoms with van der Waals surface area (Å²) in [6, 6.07) is 7.18. The molecule has 0 aliphatic heterocycles. The smallest absolute Gasteiger partial charge is 0.328 e. The summed E-state index contributed by atoms with van der Waals surface area (Å²) < 4.78 is 0. The van der Waals surface area contributed by atoms with E-state index in [9.17, 15) is 4.79 Å². The van der Waals surface area contributed by atoms with Gasteiger partial charge in [0.1, 0.15) is 5.54 Å². The summed E-state index contributed by atoms with van der Waals surface area (Å²) in [5.74, 6) is -1.02. The van der Waals surface area contributed by atoms with Crippen molar-refractivity contribution in [1.29, 1.82) is 0 Å². The molecule has 3 nitrogen and oxygen atoms in total. The largest absolute Gasteiger partial charge is 0.480 e. The summed E-state index contributed by atoms with van der Waals surface area (Å²) >= 11 is 0. The van der Waals surface area contributed by atoms with Crippen LogP contribution in [0.3, 0.4) is 0 Å². The van der Waals surface area contributed by atoms with Gasteiger partial charge in [-0.05, 0) is 19.4 Å². The molecule has 1 aromatic carbocycles. The predicted octanol–water partition coefficient (Wildman–Crippen LogP) is 1.68. The molecule has 0 bridgehead atoms. The Kier molecular flexibility index (Phi) is 4.10. The first kappa shape index (κ1) is 12.9. The molecule has 1 unspecified atom stereocenters. The van der Waals surface area contributed by atoms with Crippen molar-refractivity contribution in [2.45, 2.75) is 19.4 Å². The first-order valence-electron chi connectivity index (χ1n) is 4.04. The van der Waals surface area contributed by atoms with Crippen molar-refractivity contribution in [3.8, 4) is 0 Å². The Morgan fingerprint density at radius 1 is 1.36 bits per heavy atom. The lowest BCUT2D eigenvalue weighted by atomic mass is 9.93. The molecule has 14 heavy (non-hydrogen) atoms. The number of hydrogen-bond donors (Lipinski definition) is 2. The monoisotopic (exact) mass is 215 g/mol. The molecule has 78 valence electrons. The van der Waals surface area contributed by atoms with Crippen LogP contribution in [0.25, 0.3) is 0 Å². The minimum Gasteiger partial charge on any atom is -0.480 e. The van der Waals surface area contributed by atoms with Gasteiger partial charge < -0.3 is 10.8 Å². The third-order valence-electron chi connectivity index (χ3n) is 2.10. The lowest BCUT2D eigenvalue weighted by Gasteiger charge is -2.19. The second kappa shape index (κ2) is 4.44. The standard InChI is InChI=1S/C10H13NO2.ClH/c1-7-3-5-8(6-4-7)10(2,11)9(12)13;/h3-6H,11H2,1-2H3,(H,12,13);1H. The lowest BCUT2D eigenvalue weighted by Crippen LogP contribution is -2.41. The molecule has 3 N–H and O–H groups in total. The molecule has 4 heteroatoms. The average Bonchev–Trinajstić information content (AvgIpc) is 2.04. The number of aryl methyl sites for hydroxylation is 1. The Balaban J connectivity index is 0.00000169. The Bertz CT molecular complexity index is 319. The SMILES string of the molecule is Cc1ccc(C(C)(N)C(=O)O)cc1.Cl. The van der Waals surface area contributed by atoms with E-state index in [2.05, 4.69) is 0 Å². The number of hydrogen-bond acceptors (Lipinski definition) is 2. The molecule has 0 saturated heterocycles. The molecule has 0 radical (unpaired) electrons. The second-order valence-electron chi connectivity index (χ2n) is 3.37. The maximum Gasteiger partial charge on any atom is 0.328 e. The topological polar surface area (TPSA) is 63.3 Å². The van der Waals surface area contributed by atoms with Crippen LogP contribution in [0.5, 0.6) is 0 Å². The summed E-state index contributed by atoms with van der Waals surface area (Å²) in [4.78, 5) is 10.8. The van der Waals surface area contributed by atoms with Crippen molar-refractivity contribution in [1.82, 2.24) is 0 Å². The summed E-state index contributed by atoms with van der Waals surface area (Å²) in [6.07, 6.45) is 0. The Hall–Kier alpha value is -1.06. The maximum absolute atomic E-state index is 10.8. The third-order valence-corrected chi connectivity index (χ3v) is 2.10. The van der Waals surface area contributed by atoms with E-state index >= 15 is 0 Å². The molecule has 0 aliphatic rings. The molecule has 0 fully saturated rings. The van der Waals surface area contributed by atoms with Gasteiger partial charge in [0.2, 0.25) is 0 Å². The molecule has 0 saturated carbocycles. The molecular formula is C10H14ClNO2. The molecule has 1 rings (SSSR count). The van der Waals surface area contributed by atoms with E-state index < -0.39 is 11.5 Å². The fourth-order valence-corrected chi connectivity index (χ4v) is 1.02. The molecular weight excluding hydrogens is 202 g/mol. The van der Waals surface area contributed by atoms with Gasteiger partial charge in [0.05, 0.1) is 0 Å². The quantitative estimate of drug-likeness (QED) is 0.789. The highest BCUT2D eigenvalue weighted by atomic mass is 35.5. The van der Waals surface area contributed by atoms with E-state index in [-0.39, 0.29) is 12.4 Å². The molecule has 1 atom stereocenters. The number of carbonyl (C=O) groups is 1. The highest BCUT2D eigenvalue weighted by molar-refractivity contribution is 5.85. The van der Waals surface area contributed by atoms with E-state index in [4.69, 9.17) is 10.8 Å². The highest BCUT2D eigenvalue weighted by Crippen LogP contribution is 2.18. The molecule has 1 aromatic rings. The lowest BCUT2D eigenvalue weighted by molar-refractivity contribution is -0.143. The predicted molar refractivity (Wildman–Crippen MR) is 57.6 cm³/mol. The number of rotatable bonds is 2. The van der Waals surface area contributed by atoms with Crippen LogP contribution in [0, 0.1) is 6.92 Å². The highest BCUT2D eigenvalue weighted by Gasteiger charge is 2.29. The van der Waals surface area contributed by atoms with Gasteiger partial charge in [-0.25, -0.2) is 4.79 Å². The van der Waals surface area contributed by atoms with Crippen LogP contribution in [-0.2, 0) is 10.3 Å². The van der Waals surface area contributed by atoms with Gasteiger partial charge in [-0.3, -0.25) is 0 Å². The third kappa shape index (κ3) is 2.47. The normalized spacial score (nSPS) is 13.9. The van der Waals surface area contributed by atoms with Gasteiger partial charge in [0.15, 0.2) is 0 Å². The average molecular weight is 216 g/mol. The van der Waals surface area contributed by atoms with E-state index in [1.807, 2.05) is 19.1 Å². The molecule has 0 spiro atoms. The van der Waals surface area contributed by atoms with Crippen LogP contribution < -0.4 is 5.73 Å². The number of benzene rings is 1. The van der Waals surface area contributed by atoms with Crippen LogP contribution in [-0.4, -0.2) is 11.1 Å². The molecule has 0 amide bonds. The maximum atomic E-state index is 10.8. The fraction of sp³-hybridized carbons (Fsp3) is 0.300. The van der Waals surface area contributed by atoms with E-state index in [1.165, 1.54) is 6.92 Å². The van der Waals surface area contributed by atoms with Crippen LogP contribution in [0.4, 0.5) is 0 Å². The first-order valence-corrected chi connectivity index (χ1v) is 4.04. The number of carboxylic acid groups (broad SMARTS) is 1. The minimum atomic E-state index is -1.30. The van der Waals surface area contributed by atoms with E-state index in [1.54, 1.807) is 12.1 Å². The zero-order valence-electron chi connectivity index (χ0n) is 8.15. The zero-order chi connectivity index (χ0) is 10.1. The van der Waals surface area contributed by atoms with Gasteiger partial charge >= 0.3 is 5.97 Å². The summed E-state index contributed by atoms with van der Waals surface area (Å²) in [5.41, 5.74) is 6.04. The fourth-order valence-electron chi connectivity index (χ4n) is 1.02. The van der Waals surface area contributed by atoms with Crippen LogP contribution in [0.1, 0.15) is 18.1 Å². The van der Waals surface area contributed by atoms with Crippen molar-refractivity contribution < 1.29 is 9.90 Å². The van der Waals surface area contributed by atoms with Crippen LogP contribution >= 0.6 is 12.4 Å². The van der Waals surface area contributed by atoms with Crippen molar-refractivity contribution >= 4 is 18.4 Å². The van der Waals surface area contributed by atoms with E-state index in [0.29, 0.717) is 5.56 Å². The van der Waals surface area contributed by atoms with Crippen molar-refractivity contribution in [2.75, 3.05) is 0 Å². The second-order valence-corrected chi connectivity index (χ2v) is 3.37. The summed E-state index contributed by atoms with van der Waals surface area (Å²) in [7, 11) is 0. The van der Waals surface area contributed by atoms with Crippen molar-refractivity contribution in [3.05, 3.63) is 35.4 Å². The van der Waals surface area contributed by atoms with Gasteiger partial charge in [-0.15, -0.1) is 12.4 Å². The molecule has 0 heterocycles. The van der Waals surface area contributed by atoms with Gasteiger partial charge in [-0.1, -0.05) is 29.8 Å². The Morgan fingerprint density at radius 2 is 1.79 bits per heavy atom. The zero-order valence-corrected chi connectivity index (χ0v) is 8.97. The van der Waals surface area contributed by atoms with Crippen LogP contribution in [0.15, 0.2) is 24.3 Å². The van der Waals surface area contributed by atoms with Crippen molar-refractivity contribution in [3.63, 3.8) is 0 Å². The Labute approximate surface area is 89.3 Å². The van der Waals surface area contributed by atoms with Crippen LogP contribution in [0.2, 0.25) is 0 Å². The van der Waals surface area contributed by atoms with Gasteiger partial charge in [-0.2, -0.15) is 0 Å². The van der Waals surface area contributed by atoms with Crippen molar-refractivity contribution in [2.24, 2.45) is 5.73 Å². The number of halogens is 1. The summed E-state index contributed by atoms with van der Waals surface area (Å²) in [6.45, 7) is 3.43. The number of carboxylic acids is 1. The Morgan fingerprint density at radius 3 is 2.14 bits per heavy atom. The summed E-state index contributed by atoms with van der Waals surface area (Å²) in [5, 5.41) is 8.84. The molecule has 0 aliphatic carbocycles. The number of aliphatic carboxylic acids is 1. The van der Waals surface area contributed by atoms with E-state index in [0.717, 1.165) is 5.56 Å². The first-order chi connectivity index (χ1) is 5.94. The van der Waals surface area contributed by atoms with Gasteiger partial charge in [0, 0.05) is 0 Å². The number of nitrogens with two attached hydrogens (primary N) is 1. The van der Waals surface area contributed by atoms with Gasteiger partial charge in [0.25, 0.3) is 0 Å². The minimum absolute atomic E-state index is 0. The molecule has 0 aromatic heterocycles.